The highest BCUT2D eigenvalue weighted by Gasteiger charge is 2.32. The molecule has 1 saturated heterocycles. The molecule has 0 aliphatic carbocycles. The van der Waals surface area contributed by atoms with Crippen LogP contribution in [0, 0.1) is 21.7 Å². The highest BCUT2D eigenvalue weighted by molar-refractivity contribution is 5.55. The number of benzene rings is 1. The second-order valence-corrected chi connectivity index (χ2v) is 5.09. The summed E-state index contributed by atoms with van der Waals surface area (Å²) in [7, 11) is 0. The third-order valence-corrected chi connectivity index (χ3v) is 3.77. The van der Waals surface area contributed by atoms with Gasteiger partial charge in [0.15, 0.2) is 11.6 Å². The van der Waals surface area contributed by atoms with Crippen molar-refractivity contribution in [2.45, 2.75) is 38.3 Å². The lowest BCUT2D eigenvalue weighted by molar-refractivity contribution is -0.385. The summed E-state index contributed by atoms with van der Waals surface area (Å²) in [6.45, 7) is 2.17. The minimum Gasteiger partial charge on any atom is -0.360 e. The summed E-state index contributed by atoms with van der Waals surface area (Å²) in [5.74, 6) is -1.83. The topological polar surface area (TPSA) is 72.4 Å². The van der Waals surface area contributed by atoms with Crippen LogP contribution in [-0.4, -0.2) is 23.6 Å². The van der Waals surface area contributed by atoms with Crippen LogP contribution in [0.5, 0.6) is 0 Å². The van der Waals surface area contributed by atoms with Crippen LogP contribution in [0.2, 0.25) is 0 Å². The van der Waals surface area contributed by atoms with Crippen molar-refractivity contribution >= 4 is 11.4 Å². The number of nitro benzene ring substituents is 1. The monoisotopic (exact) mass is 285 g/mol. The van der Waals surface area contributed by atoms with Gasteiger partial charge in [-0.3, -0.25) is 10.1 Å². The first kappa shape index (κ1) is 14.6. The minimum absolute atomic E-state index is 0.0530. The number of rotatable bonds is 3. The lowest BCUT2D eigenvalue weighted by atomic mass is 9.95. The number of nitrogens with two attached hydrogens (primary N) is 1. The van der Waals surface area contributed by atoms with Gasteiger partial charge in [0, 0.05) is 18.6 Å². The third-order valence-electron chi connectivity index (χ3n) is 3.77. The maximum absolute atomic E-state index is 14.1. The molecule has 2 rings (SSSR count). The van der Waals surface area contributed by atoms with Gasteiger partial charge in [-0.15, -0.1) is 0 Å². The molecule has 110 valence electrons. The summed E-state index contributed by atoms with van der Waals surface area (Å²) in [5.41, 5.74) is 4.88. The molecule has 2 unspecified atom stereocenters. The molecule has 1 fully saturated rings. The molecule has 5 nitrogen and oxygen atoms in total. The van der Waals surface area contributed by atoms with E-state index in [4.69, 9.17) is 5.73 Å². The van der Waals surface area contributed by atoms with E-state index in [-0.39, 0.29) is 17.8 Å². The predicted octanol–water partition coefficient (Wildman–Crippen LogP) is 2.58. The van der Waals surface area contributed by atoms with Gasteiger partial charge in [0.25, 0.3) is 5.69 Å². The van der Waals surface area contributed by atoms with Crippen molar-refractivity contribution in [3.05, 3.63) is 33.9 Å². The Labute approximate surface area is 115 Å². The van der Waals surface area contributed by atoms with E-state index in [9.17, 15) is 18.9 Å². The van der Waals surface area contributed by atoms with E-state index in [0.717, 1.165) is 31.4 Å². The molecule has 1 aliphatic heterocycles. The Balaban J connectivity index is 2.47. The van der Waals surface area contributed by atoms with Crippen LogP contribution < -0.4 is 10.6 Å². The second-order valence-electron chi connectivity index (χ2n) is 5.09. The van der Waals surface area contributed by atoms with Gasteiger partial charge < -0.3 is 10.6 Å². The molecule has 0 aromatic heterocycles. The van der Waals surface area contributed by atoms with Gasteiger partial charge in [0.1, 0.15) is 5.69 Å². The molecule has 1 aromatic carbocycles. The molecule has 2 N–H and O–H groups in total. The molecule has 0 saturated carbocycles. The van der Waals surface area contributed by atoms with Crippen LogP contribution in [0.1, 0.15) is 26.2 Å². The largest absolute Gasteiger partial charge is 0.360 e. The summed E-state index contributed by atoms with van der Waals surface area (Å²) in [4.78, 5) is 11.4. The van der Waals surface area contributed by atoms with Crippen LogP contribution in [-0.2, 0) is 0 Å². The highest BCUT2D eigenvalue weighted by Crippen LogP contribution is 2.34. The lowest BCUT2D eigenvalue weighted by Crippen LogP contribution is -2.49. The van der Waals surface area contributed by atoms with Crippen molar-refractivity contribution in [3.8, 4) is 0 Å². The van der Waals surface area contributed by atoms with Crippen LogP contribution in [0.25, 0.3) is 0 Å². The third kappa shape index (κ3) is 2.58. The number of nitrogens with zero attached hydrogens (tertiary/aromatic N) is 2. The number of piperidine rings is 1. The fourth-order valence-corrected chi connectivity index (χ4v) is 2.83. The molecule has 20 heavy (non-hydrogen) atoms. The minimum atomic E-state index is -0.913. The molecule has 1 aliphatic rings. The van der Waals surface area contributed by atoms with Crippen molar-refractivity contribution in [3.63, 3.8) is 0 Å². The average Bonchev–Trinajstić information content (AvgIpc) is 2.39. The van der Waals surface area contributed by atoms with E-state index >= 15 is 0 Å². The summed E-state index contributed by atoms with van der Waals surface area (Å²) >= 11 is 0. The van der Waals surface area contributed by atoms with E-state index < -0.39 is 22.2 Å². The Morgan fingerprint density at radius 1 is 1.40 bits per heavy atom. The highest BCUT2D eigenvalue weighted by atomic mass is 19.1. The Hall–Kier alpha value is -1.76. The van der Waals surface area contributed by atoms with Gasteiger partial charge in [-0.25, -0.2) is 8.78 Å². The summed E-state index contributed by atoms with van der Waals surface area (Å²) in [5, 5.41) is 10.6. The fourth-order valence-electron chi connectivity index (χ4n) is 2.83. The first-order chi connectivity index (χ1) is 9.45. The maximum atomic E-state index is 14.1. The van der Waals surface area contributed by atoms with E-state index in [1.54, 1.807) is 4.90 Å². The van der Waals surface area contributed by atoms with Crippen molar-refractivity contribution in [2.24, 2.45) is 5.73 Å². The average molecular weight is 285 g/mol. The normalized spacial score (nSPS) is 22.9. The van der Waals surface area contributed by atoms with Crippen molar-refractivity contribution in [1.29, 1.82) is 0 Å². The Bertz CT molecular complexity index is 501. The fraction of sp³-hybridized carbons (Fsp3) is 0.538. The van der Waals surface area contributed by atoms with E-state index in [1.807, 2.05) is 6.92 Å². The summed E-state index contributed by atoms with van der Waals surface area (Å²) in [6, 6.07) is 1.31. The molecular formula is C13H17F2N3O2. The van der Waals surface area contributed by atoms with Crippen molar-refractivity contribution in [2.75, 3.05) is 11.4 Å². The van der Waals surface area contributed by atoms with Gasteiger partial charge in [0.05, 0.1) is 17.1 Å². The molecule has 0 bridgehead atoms. The SMILES string of the molecule is CC1CCCC(CN)N1c1c(F)cc([N+](=O)[O-])cc1F. The number of halogens is 2. The van der Waals surface area contributed by atoms with Crippen molar-refractivity contribution < 1.29 is 13.7 Å². The first-order valence-corrected chi connectivity index (χ1v) is 6.57. The second kappa shape index (κ2) is 5.70. The lowest BCUT2D eigenvalue weighted by Gasteiger charge is -2.42. The standard InChI is InChI=1S/C13H17F2N3O2/c1-8-3-2-4-9(7-16)17(8)13-11(14)5-10(18(19)20)6-12(13)15/h5-6,8-9H,2-4,7,16H2,1H3. The summed E-state index contributed by atoms with van der Waals surface area (Å²) < 4.78 is 28.2. The number of non-ortho nitro benzene ring substituents is 1. The zero-order valence-electron chi connectivity index (χ0n) is 11.2. The number of hydrogen-bond acceptors (Lipinski definition) is 4. The van der Waals surface area contributed by atoms with E-state index in [2.05, 4.69) is 0 Å². The van der Waals surface area contributed by atoms with Gasteiger partial charge in [-0.1, -0.05) is 0 Å². The number of hydrogen-bond donors (Lipinski definition) is 1. The molecule has 0 amide bonds. The van der Waals surface area contributed by atoms with Crippen molar-refractivity contribution in [1.82, 2.24) is 0 Å². The molecule has 2 atom stereocenters. The maximum Gasteiger partial charge on any atom is 0.275 e. The van der Waals surface area contributed by atoms with Gasteiger partial charge in [-0.2, -0.15) is 0 Å². The Morgan fingerprint density at radius 2 is 2.00 bits per heavy atom. The number of anilines is 1. The van der Waals surface area contributed by atoms with Gasteiger partial charge in [-0.05, 0) is 26.2 Å². The van der Waals surface area contributed by atoms with Crippen LogP contribution in [0.4, 0.5) is 20.2 Å². The predicted molar refractivity (Wildman–Crippen MR) is 71.6 cm³/mol. The molecule has 1 aromatic rings. The molecule has 1 heterocycles. The number of nitro groups is 1. The zero-order valence-corrected chi connectivity index (χ0v) is 11.2. The quantitative estimate of drug-likeness (QED) is 0.684. The molecule has 0 radical (unpaired) electrons. The smallest absolute Gasteiger partial charge is 0.275 e. The Kier molecular flexibility index (Phi) is 4.17. The molecule has 7 heteroatoms. The van der Waals surface area contributed by atoms with Gasteiger partial charge >= 0.3 is 0 Å². The molecular weight excluding hydrogens is 268 g/mol. The zero-order chi connectivity index (χ0) is 14.9. The molecule has 0 spiro atoms. The Morgan fingerprint density at radius 3 is 2.50 bits per heavy atom. The van der Waals surface area contributed by atoms with Gasteiger partial charge in [0.2, 0.25) is 0 Å². The van der Waals surface area contributed by atoms with Crippen LogP contribution in [0.15, 0.2) is 12.1 Å². The van der Waals surface area contributed by atoms with E-state index in [0.29, 0.717) is 6.54 Å². The van der Waals surface area contributed by atoms with Crippen LogP contribution >= 0.6 is 0 Å². The summed E-state index contributed by atoms with van der Waals surface area (Å²) in [6.07, 6.45) is 2.53. The van der Waals surface area contributed by atoms with Crippen LogP contribution in [0.3, 0.4) is 0 Å². The van der Waals surface area contributed by atoms with E-state index in [1.165, 1.54) is 0 Å². The first-order valence-electron chi connectivity index (χ1n) is 6.57.